The zero-order valence-corrected chi connectivity index (χ0v) is 17.7. The van der Waals surface area contributed by atoms with Crippen LogP contribution in [0.15, 0.2) is 12.4 Å². The van der Waals surface area contributed by atoms with E-state index in [1.165, 1.54) is 17.3 Å². The third-order valence-corrected chi connectivity index (χ3v) is 5.59. The van der Waals surface area contributed by atoms with Crippen LogP contribution in [0.25, 0.3) is 11.0 Å². The number of nitrogens with two attached hydrogens (primary N) is 1. The summed E-state index contributed by atoms with van der Waals surface area (Å²) in [5, 5.41) is 5.16. The normalized spacial score (nSPS) is 15.2. The van der Waals surface area contributed by atoms with Crippen molar-refractivity contribution >= 4 is 40.0 Å². The summed E-state index contributed by atoms with van der Waals surface area (Å²) in [4.78, 5) is 22.2. The van der Waals surface area contributed by atoms with Gasteiger partial charge in [0.25, 0.3) is 0 Å². The largest absolute Gasteiger partial charge is 0.491 e. The maximum Gasteiger partial charge on any atom is 0.227 e. The first kappa shape index (κ1) is 20.3. The van der Waals surface area contributed by atoms with Crippen molar-refractivity contribution in [1.29, 1.82) is 0 Å². The van der Waals surface area contributed by atoms with E-state index in [2.05, 4.69) is 15.1 Å². The van der Waals surface area contributed by atoms with Crippen LogP contribution in [0.2, 0.25) is 5.02 Å². The highest BCUT2D eigenvalue weighted by Gasteiger charge is 2.32. The number of carbonyl (C=O) groups excluding carboxylic acids is 1. The van der Waals surface area contributed by atoms with Crippen molar-refractivity contribution in [1.82, 2.24) is 19.7 Å². The summed E-state index contributed by atoms with van der Waals surface area (Å²) in [5.74, 6) is -0.206. The van der Waals surface area contributed by atoms with Crippen LogP contribution < -0.4 is 15.4 Å². The van der Waals surface area contributed by atoms with Crippen LogP contribution >= 0.6 is 11.6 Å². The number of aromatic nitrogens is 4. The van der Waals surface area contributed by atoms with E-state index in [-0.39, 0.29) is 22.4 Å². The first-order valence-electron chi connectivity index (χ1n) is 9.75. The van der Waals surface area contributed by atoms with Crippen molar-refractivity contribution in [2.24, 2.45) is 0 Å². The van der Waals surface area contributed by atoms with Gasteiger partial charge in [0.05, 0.1) is 28.8 Å². The number of nitrogen functional groups attached to an aromatic ring is 1. The maximum atomic E-state index is 15.1. The van der Waals surface area contributed by atoms with Gasteiger partial charge < -0.3 is 15.4 Å². The fraction of sp³-hybridized carbons (Fsp3) is 0.400. The summed E-state index contributed by atoms with van der Waals surface area (Å²) in [6, 6.07) is 1.09. The van der Waals surface area contributed by atoms with E-state index < -0.39 is 11.9 Å². The van der Waals surface area contributed by atoms with Crippen LogP contribution in [0.1, 0.15) is 44.0 Å². The van der Waals surface area contributed by atoms with Crippen molar-refractivity contribution in [2.45, 2.75) is 39.7 Å². The Morgan fingerprint density at radius 2 is 2.17 bits per heavy atom. The minimum atomic E-state index is -0.667. The SMILES string of the molecule is CCOc1c(C(C)n2nc(C)c3c(N)ncnc32)cc(Cl)c(F)c1N1CCCC1=O. The first-order valence-corrected chi connectivity index (χ1v) is 10.1. The van der Waals surface area contributed by atoms with Crippen molar-refractivity contribution < 1.29 is 13.9 Å². The van der Waals surface area contributed by atoms with Gasteiger partial charge in [0, 0.05) is 18.5 Å². The Morgan fingerprint density at radius 1 is 1.40 bits per heavy atom. The van der Waals surface area contributed by atoms with Gasteiger partial charge in [0.1, 0.15) is 17.8 Å². The number of benzene rings is 1. The van der Waals surface area contributed by atoms with Crippen LogP contribution in [0.4, 0.5) is 15.9 Å². The summed E-state index contributed by atoms with van der Waals surface area (Å²) >= 11 is 6.25. The van der Waals surface area contributed by atoms with Gasteiger partial charge in [-0.05, 0) is 33.3 Å². The Labute approximate surface area is 177 Å². The molecular formula is C20H22ClFN6O2. The number of fused-ring (bicyclic) bond motifs is 1. The highest BCUT2D eigenvalue weighted by atomic mass is 35.5. The average molecular weight is 433 g/mol. The number of hydrogen-bond donors (Lipinski definition) is 1. The molecule has 1 saturated heterocycles. The minimum absolute atomic E-state index is 0.0797. The van der Waals surface area contributed by atoms with Crippen LogP contribution in [-0.4, -0.2) is 38.8 Å². The van der Waals surface area contributed by atoms with Crippen molar-refractivity contribution in [3.8, 4) is 5.75 Å². The number of ether oxygens (including phenoxy) is 1. The fourth-order valence-corrected chi connectivity index (χ4v) is 4.12. The second kappa shape index (κ2) is 7.71. The number of amides is 1. The lowest BCUT2D eigenvalue weighted by Crippen LogP contribution is -2.26. The number of carbonyl (C=O) groups is 1. The van der Waals surface area contributed by atoms with E-state index in [0.29, 0.717) is 54.1 Å². The molecule has 3 heterocycles. The second-order valence-corrected chi connectivity index (χ2v) is 7.59. The predicted octanol–water partition coefficient (Wildman–Crippen LogP) is 3.64. The van der Waals surface area contributed by atoms with Gasteiger partial charge in [-0.15, -0.1) is 0 Å². The highest BCUT2D eigenvalue weighted by molar-refractivity contribution is 6.31. The molecule has 10 heteroatoms. The molecule has 2 aromatic heterocycles. The summed E-state index contributed by atoms with van der Waals surface area (Å²) in [5.41, 5.74) is 7.91. The Morgan fingerprint density at radius 3 is 2.83 bits per heavy atom. The van der Waals surface area contributed by atoms with E-state index in [1.54, 1.807) is 11.6 Å². The molecule has 4 rings (SSSR count). The molecule has 1 amide bonds. The molecule has 1 aliphatic rings. The predicted molar refractivity (Wildman–Crippen MR) is 112 cm³/mol. The molecule has 1 fully saturated rings. The molecule has 0 bridgehead atoms. The fourth-order valence-electron chi connectivity index (χ4n) is 3.92. The lowest BCUT2D eigenvalue weighted by molar-refractivity contribution is -0.117. The number of anilines is 2. The van der Waals surface area contributed by atoms with Crippen LogP contribution in [-0.2, 0) is 4.79 Å². The lowest BCUT2D eigenvalue weighted by atomic mass is 10.0. The minimum Gasteiger partial charge on any atom is -0.491 e. The molecule has 1 aromatic carbocycles. The second-order valence-electron chi connectivity index (χ2n) is 7.18. The summed E-state index contributed by atoms with van der Waals surface area (Å²) in [6.45, 7) is 6.21. The van der Waals surface area contributed by atoms with Gasteiger partial charge in [0.2, 0.25) is 5.91 Å². The Kier molecular flexibility index (Phi) is 5.23. The number of nitrogens with zero attached hydrogens (tertiary/aromatic N) is 5. The van der Waals surface area contributed by atoms with Crippen LogP contribution in [0, 0.1) is 12.7 Å². The Balaban J connectivity index is 1.94. The Bertz CT molecular complexity index is 1150. The number of halogens is 2. The molecule has 30 heavy (non-hydrogen) atoms. The van der Waals surface area contributed by atoms with E-state index >= 15 is 4.39 Å². The highest BCUT2D eigenvalue weighted by Crippen LogP contribution is 2.44. The zero-order valence-electron chi connectivity index (χ0n) is 16.9. The van der Waals surface area contributed by atoms with E-state index in [9.17, 15) is 4.79 Å². The molecule has 1 unspecified atom stereocenters. The van der Waals surface area contributed by atoms with Crippen LogP contribution in [0.5, 0.6) is 5.75 Å². The standard InChI is InChI=1S/C20H22ClFN6O2/c1-4-30-18-12(8-13(21)16(22)17(18)27-7-5-6-14(27)29)11(3)28-20-15(10(2)26-28)19(23)24-9-25-20/h8-9,11H,4-7H2,1-3H3,(H2,23,24,25). The molecule has 8 nitrogen and oxygen atoms in total. The third kappa shape index (κ3) is 3.13. The molecule has 0 saturated carbocycles. The van der Waals surface area contributed by atoms with E-state index in [1.807, 2.05) is 13.8 Å². The molecule has 0 spiro atoms. The third-order valence-electron chi connectivity index (χ3n) is 5.32. The Hall–Kier alpha value is -2.94. The number of hydrogen-bond acceptors (Lipinski definition) is 6. The van der Waals surface area contributed by atoms with Gasteiger partial charge in [-0.3, -0.25) is 4.79 Å². The monoisotopic (exact) mass is 432 g/mol. The topological polar surface area (TPSA) is 99.2 Å². The van der Waals surface area contributed by atoms with Gasteiger partial charge in [0.15, 0.2) is 17.2 Å². The van der Waals surface area contributed by atoms with Gasteiger partial charge in [-0.1, -0.05) is 11.6 Å². The molecule has 3 aromatic rings. The van der Waals surface area contributed by atoms with Crippen molar-refractivity contribution in [3.05, 3.63) is 34.5 Å². The van der Waals surface area contributed by atoms with Gasteiger partial charge in [-0.2, -0.15) is 5.10 Å². The summed E-state index contributed by atoms with van der Waals surface area (Å²) < 4.78 is 22.6. The van der Waals surface area contributed by atoms with Crippen molar-refractivity contribution in [2.75, 3.05) is 23.8 Å². The van der Waals surface area contributed by atoms with Crippen LogP contribution in [0.3, 0.4) is 0 Å². The molecule has 1 atom stereocenters. The molecule has 0 radical (unpaired) electrons. The number of rotatable bonds is 5. The molecule has 158 valence electrons. The average Bonchev–Trinajstić information content (AvgIpc) is 3.28. The van der Waals surface area contributed by atoms with Gasteiger partial charge >= 0.3 is 0 Å². The van der Waals surface area contributed by atoms with E-state index in [0.717, 1.165) is 0 Å². The van der Waals surface area contributed by atoms with Gasteiger partial charge in [-0.25, -0.2) is 19.0 Å². The van der Waals surface area contributed by atoms with E-state index in [4.69, 9.17) is 22.1 Å². The molecule has 1 aliphatic heterocycles. The quantitative estimate of drug-likeness (QED) is 0.660. The molecule has 0 aliphatic carbocycles. The first-order chi connectivity index (χ1) is 14.3. The zero-order chi connectivity index (χ0) is 21.6. The summed E-state index contributed by atoms with van der Waals surface area (Å²) in [6.07, 6.45) is 2.39. The number of aryl methyl sites for hydroxylation is 1. The smallest absolute Gasteiger partial charge is 0.227 e. The maximum absolute atomic E-state index is 15.1. The summed E-state index contributed by atoms with van der Waals surface area (Å²) in [7, 11) is 0. The van der Waals surface area contributed by atoms with Crippen molar-refractivity contribution in [3.63, 3.8) is 0 Å². The lowest BCUT2D eigenvalue weighted by Gasteiger charge is -2.25. The molecular weight excluding hydrogens is 411 g/mol. The molecule has 2 N–H and O–H groups in total.